The van der Waals surface area contributed by atoms with E-state index in [1.54, 1.807) is 0 Å². The highest BCUT2D eigenvalue weighted by molar-refractivity contribution is 5.85. The average Bonchev–Trinajstić information content (AvgIpc) is 2.61. The van der Waals surface area contributed by atoms with Crippen molar-refractivity contribution in [3.8, 4) is 0 Å². The first kappa shape index (κ1) is 32.8. The van der Waals surface area contributed by atoms with Crippen molar-refractivity contribution in [2.75, 3.05) is 27.2 Å². The van der Waals surface area contributed by atoms with Gasteiger partial charge in [0.15, 0.2) is 0 Å². The van der Waals surface area contributed by atoms with E-state index in [-0.39, 0.29) is 29.4 Å². The minimum absolute atomic E-state index is 0. The van der Waals surface area contributed by atoms with Crippen molar-refractivity contribution < 1.29 is 21.6 Å². The van der Waals surface area contributed by atoms with Crippen LogP contribution in [0.3, 0.4) is 0 Å². The Balaban J connectivity index is -0.00000312. The van der Waals surface area contributed by atoms with Crippen LogP contribution in [0.4, 0.5) is 0 Å². The van der Waals surface area contributed by atoms with Gasteiger partial charge in [-0.05, 0) is 32.1 Å². The summed E-state index contributed by atoms with van der Waals surface area (Å²) in [7, 11) is 4.76. The fourth-order valence-electron chi connectivity index (χ4n) is 3.96. The predicted molar refractivity (Wildman–Crippen MR) is 126 cm³/mol. The molecule has 0 bridgehead atoms. The molecule has 0 saturated carbocycles. The van der Waals surface area contributed by atoms with Crippen LogP contribution in [-0.4, -0.2) is 42.8 Å². The second-order valence-corrected chi connectivity index (χ2v) is 8.39. The van der Waals surface area contributed by atoms with Crippen LogP contribution >= 0.6 is 12.4 Å². The summed E-state index contributed by atoms with van der Waals surface area (Å²) in [5.41, 5.74) is 0. The van der Waals surface area contributed by atoms with Gasteiger partial charge in [-0.1, -0.05) is 77.4 Å². The largest absolute Gasteiger partial charge is 1.00 e. The zero-order valence-corrected chi connectivity index (χ0v) is 21.8. The van der Waals surface area contributed by atoms with Gasteiger partial charge in [-0.3, -0.25) is 0 Å². The Hall–Kier alpha value is 0.170. The second kappa shape index (κ2) is 21.9. The molecule has 4 heteroatoms. The molecule has 0 amide bonds. The van der Waals surface area contributed by atoms with Gasteiger partial charge in [-0.15, -0.1) is 25.6 Å². The summed E-state index contributed by atoms with van der Waals surface area (Å²) in [6, 6.07) is 0.531. The molecule has 0 aromatic heterocycles. The van der Waals surface area contributed by atoms with E-state index in [0.717, 1.165) is 24.0 Å². The summed E-state index contributed by atoms with van der Waals surface area (Å²) >= 11 is 0. The maximum Gasteiger partial charge on any atom is 0.0959 e. The number of halogens is 2. The third kappa shape index (κ3) is 16.0. The topological polar surface area (TPSA) is 3.24 Å². The van der Waals surface area contributed by atoms with Gasteiger partial charge in [0.2, 0.25) is 0 Å². The smallest absolute Gasteiger partial charge is 0.0959 e. The Morgan fingerprint density at radius 1 is 0.750 bits per heavy atom. The third-order valence-corrected chi connectivity index (χ3v) is 5.51. The average molecular weight is 482 g/mol. The van der Waals surface area contributed by atoms with Crippen LogP contribution < -0.4 is 17.0 Å². The number of rotatable bonds is 19. The Morgan fingerprint density at radius 3 is 1.57 bits per heavy atom. The van der Waals surface area contributed by atoms with Gasteiger partial charge in [-0.2, -0.15) is 5.01 Å². The number of hydrogen-bond donors (Lipinski definition) is 0. The molecule has 0 spiro atoms. The van der Waals surface area contributed by atoms with Crippen LogP contribution in [0.1, 0.15) is 97.3 Å². The Kier molecular flexibility index (Phi) is 25.6. The molecule has 0 aliphatic rings. The van der Waals surface area contributed by atoms with Crippen LogP contribution in [0.2, 0.25) is 0 Å². The molecule has 0 aromatic carbocycles. The minimum atomic E-state index is 0. The molecule has 0 atom stereocenters. The SMILES string of the molecule is C=CCC(CC=C)N(CCC)[N+](C)(C)CCCCCCCCCCCC.Cl.[Br-]. The quantitative estimate of drug-likeness (QED) is 0.113. The number of hydrogen-bond acceptors (Lipinski definition) is 1. The van der Waals surface area contributed by atoms with Crippen molar-refractivity contribution in [3.05, 3.63) is 25.3 Å². The fourth-order valence-corrected chi connectivity index (χ4v) is 3.96. The molecule has 0 radical (unpaired) electrons. The highest BCUT2D eigenvalue weighted by atomic mass is 79.9. The Morgan fingerprint density at radius 2 is 1.18 bits per heavy atom. The van der Waals surface area contributed by atoms with E-state index < -0.39 is 0 Å². The lowest BCUT2D eigenvalue weighted by atomic mass is 10.1. The van der Waals surface area contributed by atoms with Crippen molar-refractivity contribution >= 4 is 12.4 Å². The van der Waals surface area contributed by atoms with Crippen LogP contribution in [0.25, 0.3) is 0 Å². The zero-order valence-electron chi connectivity index (χ0n) is 19.4. The Bertz CT molecular complexity index is 337. The van der Waals surface area contributed by atoms with Crippen molar-refractivity contribution in [3.63, 3.8) is 0 Å². The molecule has 0 rings (SSSR count). The monoisotopic (exact) mass is 480 g/mol. The van der Waals surface area contributed by atoms with Gasteiger partial charge >= 0.3 is 0 Å². The molecule has 28 heavy (non-hydrogen) atoms. The molecular weight excluding hydrogens is 432 g/mol. The summed E-state index contributed by atoms with van der Waals surface area (Å²) in [6.45, 7) is 14.9. The first-order chi connectivity index (χ1) is 12.5. The molecule has 170 valence electrons. The highest BCUT2D eigenvalue weighted by Crippen LogP contribution is 2.20. The molecule has 0 fully saturated rings. The third-order valence-electron chi connectivity index (χ3n) is 5.51. The minimum Gasteiger partial charge on any atom is -1.00 e. The van der Waals surface area contributed by atoms with Gasteiger partial charge in [0, 0.05) is 6.54 Å². The van der Waals surface area contributed by atoms with E-state index in [1.165, 1.54) is 77.2 Å². The maximum atomic E-state index is 3.97. The number of unbranched alkanes of at least 4 members (excludes halogenated alkanes) is 9. The standard InChI is InChI=1S/C24H49N2.BrH.ClH/c1-7-11-12-13-14-15-16-17-18-19-23-26(5,6)25(22-10-4)24(20-8-2)21-9-3;;/h8-9,24H,2-3,7,10-23H2,1,4-6H3;2*1H/q+1;;/p-1. The lowest BCUT2D eigenvalue weighted by Crippen LogP contribution is -3.00. The van der Waals surface area contributed by atoms with Gasteiger partial charge < -0.3 is 17.0 Å². The van der Waals surface area contributed by atoms with E-state index in [4.69, 9.17) is 0 Å². The van der Waals surface area contributed by atoms with Crippen LogP contribution in [0, 0.1) is 0 Å². The lowest BCUT2D eigenvalue weighted by Gasteiger charge is -2.44. The molecule has 2 nitrogen and oxygen atoms in total. The summed E-state index contributed by atoms with van der Waals surface area (Å²) in [5.74, 6) is 0. The Labute approximate surface area is 194 Å². The van der Waals surface area contributed by atoms with Crippen LogP contribution in [0.5, 0.6) is 0 Å². The first-order valence-corrected chi connectivity index (χ1v) is 11.3. The van der Waals surface area contributed by atoms with Gasteiger partial charge in [0.1, 0.15) is 0 Å². The summed E-state index contributed by atoms with van der Waals surface area (Å²) in [5, 5.41) is 2.66. The maximum absolute atomic E-state index is 3.97. The molecular formula is C24H50BrClN2. The first-order valence-electron chi connectivity index (χ1n) is 11.3. The highest BCUT2D eigenvalue weighted by Gasteiger charge is 2.30. The van der Waals surface area contributed by atoms with Gasteiger partial charge in [0.05, 0.1) is 26.7 Å². The zero-order chi connectivity index (χ0) is 19.7. The van der Waals surface area contributed by atoms with Crippen molar-refractivity contribution in [1.29, 1.82) is 0 Å². The molecule has 0 N–H and O–H groups in total. The van der Waals surface area contributed by atoms with Crippen LogP contribution in [0.15, 0.2) is 25.3 Å². The normalized spacial score (nSPS) is 11.2. The lowest BCUT2D eigenvalue weighted by molar-refractivity contribution is -1.01. The molecule has 0 aliphatic heterocycles. The molecule has 0 saturated heterocycles. The summed E-state index contributed by atoms with van der Waals surface area (Å²) in [6.07, 6.45) is 21.5. The molecule has 0 heterocycles. The van der Waals surface area contributed by atoms with Crippen LogP contribution in [-0.2, 0) is 0 Å². The second-order valence-electron chi connectivity index (χ2n) is 8.39. The van der Waals surface area contributed by atoms with E-state index >= 15 is 0 Å². The number of quaternary nitrogens is 1. The predicted octanol–water partition coefficient (Wildman–Crippen LogP) is 4.56. The van der Waals surface area contributed by atoms with E-state index in [9.17, 15) is 0 Å². The number of nitrogens with zero attached hydrogens (tertiary/aromatic N) is 2. The van der Waals surface area contributed by atoms with Gasteiger partial charge in [0.25, 0.3) is 0 Å². The summed E-state index contributed by atoms with van der Waals surface area (Å²) < 4.78 is 0.997. The fraction of sp³-hybridized carbons (Fsp3) is 0.833. The molecule has 0 unspecified atom stereocenters. The van der Waals surface area contributed by atoms with Crippen molar-refractivity contribution in [2.45, 2.75) is 103 Å². The van der Waals surface area contributed by atoms with E-state index in [0.29, 0.717) is 6.04 Å². The molecule has 0 aromatic rings. The molecule has 0 aliphatic carbocycles. The van der Waals surface area contributed by atoms with Crippen molar-refractivity contribution in [2.24, 2.45) is 0 Å². The summed E-state index contributed by atoms with van der Waals surface area (Å²) in [4.78, 5) is 0. The van der Waals surface area contributed by atoms with E-state index in [2.05, 4.69) is 58.3 Å². The van der Waals surface area contributed by atoms with Gasteiger partial charge in [-0.25, -0.2) is 4.59 Å². The van der Waals surface area contributed by atoms with Crippen molar-refractivity contribution in [1.82, 2.24) is 5.01 Å². The van der Waals surface area contributed by atoms with E-state index in [1.807, 2.05) is 0 Å².